The highest BCUT2D eigenvalue weighted by Crippen LogP contribution is 2.31. The maximum atomic E-state index is 6.18. The number of aromatic nitrogens is 2. The van der Waals surface area contributed by atoms with Crippen LogP contribution >= 0.6 is 23.2 Å². The predicted molar refractivity (Wildman–Crippen MR) is 100 cm³/mol. The van der Waals surface area contributed by atoms with Crippen molar-refractivity contribution in [2.24, 2.45) is 0 Å². The van der Waals surface area contributed by atoms with Gasteiger partial charge in [-0.3, -0.25) is 0 Å². The molecule has 1 aromatic heterocycles. The van der Waals surface area contributed by atoms with Crippen LogP contribution in [0.2, 0.25) is 10.0 Å². The van der Waals surface area contributed by atoms with Crippen molar-refractivity contribution >= 4 is 40.7 Å². The standard InChI is InChI=1S/C18H16Cl2N4/c1-12-10-16(21-11-13-6-3-2-4-7-13)23-18(22-12)24-17-14(19)8-5-9-15(17)20/h2-10H,11H2,1H3,(H2,21,22,23,24). The number of aryl methyl sites for hydroxylation is 1. The number of hydrogen-bond acceptors (Lipinski definition) is 4. The Morgan fingerprint density at radius 3 is 2.33 bits per heavy atom. The van der Waals surface area contributed by atoms with Crippen molar-refractivity contribution in [1.82, 2.24) is 9.97 Å². The maximum Gasteiger partial charge on any atom is 0.229 e. The van der Waals surface area contributed by atoms with E-state index in [1.54, 1.807) is 18.2 Å². The molecule has 0 atom stereocenters. The summed E-state index contributed by atoms with van der Waals surface area (Å²) in [5, 5.41) is 7.43. The zero-order valence-electron chi connectivity index (χ0n) is 13.1. The molecule has 0 amide bonds. The van der Waals surface area contributed by atoms with Gasteiger partial charge in [-0.15, -0.1) is 0 Å². The second kappa shape index (κ2) is 7.51. The van der Waals surface area contributed by atoms with Gasteiger partial charge in [-0.25, -0.2) is 4.98 Å². The summed E-state index contributed by atoms with van der Waals surface area (Å²) in [6.07, 6.45) is 0. The quantitative estimate of drug-likeness (QED) is 0.636. The van der Waals surface area contributed by atoms with Gasteiger partial charge < -0.3 is 10.6 Å². The molecule has 6 heteroatoms. The molecule has 2 aromatic carbocycles. The van der Waals surface area contributed by atoms with E-state index in [1.165, 1.54) is 5.56 Å². The first-order valence-electron chi connectivity index (χ1n) is 7.46. The first-order valence-corrected chi connectivity index (χ1v) is 8.22. The summed E-state index contributed by atoms with van der Waals surface area (Å²) in [7, 11) is 0. The van der Waals surface area contributed by atoms with Gasteiger partial charge in [0.15, 0.2) is 0 Å². The van der Waals surface area contributed by atoms with Crippen LogP contribution in [0.4, 0.5) is 17.5 Å². The fourth-order valence-corrected chi connectivity index (χ4v) is 2.72. The number of hydrogen-bond donors (Lipinski definition) is 2. The van der Waals surface area contributed by atoms with Gasteiger partial charge in [-0.05, 0) is 24.6 Å². The molecule has 0 radical (unpaired) electrons. The Balaban J connectivity index is 1.79. The average molecular weight is 359 g/mol. The van der Waals surface area contributed by atoms with Crippen LogP contribution in [0, 0.1) is 6.92 Å². The summed E-state index contributed by atoms with van der Waals surface area (Å²) >= 11 is 12.4. The number of anilines is 3. The minimum absolute atomic E-state index is 0.445. The van der Waals surface area contributed by atoms with E-state index in [4.69, 9.17) is 23.2 Å². The van der Waals surface area contributed by atoms with E-state index < -0.39 is 0 Å². The molecule has 0 aliphatic carbocycles. The van der Waals surface area contributed by atoms with Gasteiger partial charge in [0.2, 0.25) is 5.95 Å². The lowest BCUT2D eigenvalue weighted by Crippen LogP contribution is -2.06. The van der Waals surface area contributed by atoms with Crippen molar-refractivity contribution in [2.75, 3.05) is 10.6 Å². The van der Waals surface area contributed by atoms with Crippen LogP contribution in [-0.2, 0) is 6.54 Å². The summed E-state index contributed by atoms with van der Waals surface area (Å²) in [5.74, 6) is 1.18. The van der Waals surface area contributed by atoms with E-state index in [9.17, 15) is 0 Å². The minimum Gasteiger partial charge on any atom is -0.366 e. The Labute approximate surface area is 150 Å². The zero-order chi connectivity index (χ0) is 16.9. The van der Waals surface area contributed by atoms with E-state index >= 15 is 0 Å². The van der Waals surface area contributed by atoms with Gasteiger partial charge in [0, 0.05) is 18.3 Å². The molecular formula is C18H16Cl2N4. The maximum absolute atomic E-state index is 6.18. The van der Waals surface area contributed by atoms with Gasteiger partial charge in [0.05, 0.1) is 15.7 Å². The van der Waals surface area contributed by atoms with Crippen molar-refractivity contribution in [3.05, 3.63) is 75.9 Å². The summed E-state index contributed by atoms with van der Waals surface area (Å²) in [5.41, 5.74) is 2.61. The molecule has 0 fully saturated rings. The molecule has 0 bridgehead atoms. The fraction of sp³-hybridized carbons (Fsp3) is 0.111. The highest BCUT2D eigenvalue weighted by atomic mass is 35.5. The lowest BCUT2D eigenvalue weighted by molar-refractivity contribution is 1.06. The van der Waals surface area contributed by atoms with Crippen molar-refractivity contribution in [3.63, 3.8) is 0 Å². The van der Waals surface area contributed by atoms with Gasteiger partial charge in [-0.1, -0.05) is 59.6 Å². The third-order valence-electron chi connectivity index (χ3n) is 3.37. The topological polar surface area (TPSA) is 49.8 Å². The molecule has 0 aliphatic heterocycles. The van der Waals surface area contributed by atoms with Crippen LogP contribution in [0.1, 0.15) is 11.3 Å². The normalized spacial score (nSPS) is 10.5. The molecule has 24 heavy (non-hydrogen) atoms. The number of benzene rings is 2. The third-order valence-corrected chi connectivity index (χ3v) is 4.00. The van der Waals surface area contributed by atoms with Crippen LogP contribution in [0.25, 0.3) is 0 Å². The SMILES string of the molecule is Cc1cc(NCc2ccccc2)nc(Nc2c(Cl)cccc2Cl)n1. The summed E-state index contributed by atoms with van der Waals surface area (Å²) in [6.45, 7) is 2.60. The Kier molecular flexibility index (Phi) is 5.18. The van der Waals surface area contributed by atoms with E-state index in [-0.39, 0.29) is 0 Å². The second-order valence-corrected chi connectivity index (χ2v) is 6.09. The Bertz CT molecular complexity index is 817. The smallest absolute Gasteiger partial charge is 0.229 e. The number of para-hydroxylation sites is 1. The van der Waals surface area contributed by atoms with Gasteiger partial charge in [-0.2, -0.15) is 4.98 Å². The molecule has 0 aliphatic rings. The molecule has 122 valence electrons. The first-order chi connectivity index (χ1) is 11.6. The number of rotatable bonds is 5. The van der Waals surface area contributed by atoms with E-state index in [2.05, 4.69) is 32.7 Å². The Morgan fingerprint density at radius 2 is 1.62 bits per heavy atom. The molecule has 1 heterocycles. The summed E-state index contributed by atoms with van der Waals surface area (Å²) < 4.78 is 0. The van der Waals surface area contributed by atoms with Crippen molar-refractivity contribution in [2.45, 2.75) is 13.5 Å². The molecule has 4 nitrogen and oxygen atoms in total. The molecular weight excluding hydrogens is 343 g/mol. The number of halogens is 2. The second-order valence-electron chi connectivity index (χ2n) is 5.28. The third kappa shape index (κ3) is 4.16. The zero-order valence-corrected chi connectivity index (χ0v) is 14.6. The van der Waals surface area contributed by atoms with E-state index in [0.29, 0.717) is 28.2 Å². The molecule has 0 saturated heterocycles. The summed E-state index contributed by atoms with van der Waals surface area (Å²) in [6, 6.07) is 17.3. The van der Waals surface area contributed by atoms with Crippen LogP contribution < -0.4 is 10.6 Å². The van der Waals surface area contributed by atoms with Crippen LogP contribution in [0.15, 0.2) is 54.6 Å². The van der Waals surface area contributed by atoms with Crippen LogP contribution in [0.5, 0.6) is 0 Å². The van der Waals surface area contributed by atoms with E-state index in [1.807, 2.05) is 31.2 Å². The first kappa shape index (κ1) is 16.6. The number of nitrogens with zero attached hydrogens (tertiary/aromatic N) is 2. The van der Waals surface area contributed by atoms with Gasteiger partial charge in [0.1, 0.15) is 5.82 Å². The molecule has 0 unspecified atom stereocenters. The van der Waals surface area contributed by atoms with Crippen LogP contribution in [0.3, 0.4) is 0 Å². The highest BCUT2D eigenvalue weighted by Gasteiger charge is 2.09. The van der Waals surface area contributed by atoms with Gasteiger partial charge in [0.25, 0.3) is 0 Å². The van der Waals surface area contributed by atoms with Crippen LogP contribution in [-0.4, -0.2) is 9.97 Å². The lowest BCUT2D eigenvalue weighted by Gasteiger charge is -2.12. The van der Waals surface area contributed by atoms with E-state index in [0.717, 1.165) is 11.5 Å². The molecule has 0 spiro atoms. The van der Waals surface area contributed by atoms with Crippen molar-refractivity contribution in [1.29, 1.82) is 0 Å². The Hall–Kier alpha value is -2.30. The lowest BCUT2D eigenvalue weighted by atomic mass is 10.2. The minimum atomic E-state index is 0.445. The largest absolute Gasteiger partial charge is 0.366 e. The molecule has 3 rings (SSSR count). The molecule has 3 aromatic rings. The van der Waals surface area contributed by atoms with Crippen molar-refractivity contribution < 1.29 is 0 Å². The predicted octanol–water partition coefficient (Wildman–Crippen LogP) is 5.45. The summed E-state index contributed by atoms with van der Waals surface area (Å²) in [4.78, 5) is 8.86. The number of nitrogens with one attached hydrogen (secondary N) is 2. The molecule has 0 saturated carbocycles. The monoisotopic (exact) mass is 358 g/mol. The average Bonchev–Trinajstić information content (AvgIpc) is 2.57. The van der Waals surface area contributed by atoms with Gasteiger partial charge >= 0.3 is 0 Å². The Morgan fingerprint density at radius 1 is 0.917 bits per heavy atom. The molecule has 2 N–H and O–H groups in total. The fourth-order valence-electron chi connectivity index (χ4n) is 2.23. The van der Waals surface area contributed by atoms with Crippen molar-refractivity contribution in [3.8, 4) is 0 Å². The highest BCUT2D eigenvalue weighted by molar-refractivity contribution is 6.39.